The first kappa shape index (κ1) is 10.4. The van der Waals surface area contributed by atoms with Crippen molar-refractivity contribution in [3.05, 3.63) is 28.5 Å². The van der Waals surface area contributed by atoms with Crippen molar-refractivity contribution >= 4 is 15.9 Å². The molecule has 0 saturated heterocycles. The highest BCUT2D eigenvalue weighted by molar-refractivity contribution is 9.10. The Hall–Kier alpha value is -0.650. The van der Waals surface area contributed by atoms with Crippen molar-refractivity contribution in [1.82, 2.24) is 0 Å². The monoisotopic (exact) mass is 249 g/mol. The van der Waals surface area contributed by atoms with Crippen LogP contribution in [-0.2, 0) is 4.84 Å². The number of nitrogens with two attached hydrogens (primary N) is 1. The number of benzene rings is 1. The van der Waals surface area contributed by atoms with Gasteiger partial charge in [-0.3, -0.25) is 0 Å². The molecular weight excluding hydrogens is 241 g/mol. The van der Waals surface area contributed by atoms with Crippen molar-refractivity contribution in [2.75, 3.05) is 13.2 Å². The van der Waals surface area contributed by atoms with Gasteiger partial charge in [0.05, 0.1) is 4.47 Å². The van der Waals surface area contributed by atoms with Crippen molar-refractivity contribution in [2.45, 2.75) is 0 Å². The molecule has 0 unspecified atom stereocenters. The van der Waals surface area contributed by atoms with E-state index in [1.165, 1.54) is 6.07 Å². The third-order valence-corrected chi connectivity index (χ3v) is 2.00. The second-order valence-corrected chi connectivity index (χ2v) is 3.15. The maximum atomic E-state index is 12.9. The SMILES string of the molecule is NOCCOc1ccc(Br)c(F)c1. The molecule has 0 spiro atoms. The first-order chi connectivity index (χ1) is 6.24. The van der Waals surface area contributed by atoms with E-state index in [1.807, 2.05) is 0 Å². The summed E-state index contributed by atoms with van der Waals surface area (Å²) in [5.74, 6) is 4.89. The minimum atomic E-state index is -0.355. The molecule has 0 atom stereocenters. The molecule has 0 aliphatic carbocycles. The van der Waals surface area contributed by atoms with Gasteiger partial charge in [0.1, 0.15) is 24.8 Å². The van der Waals surface area contributed by atoms with Crippen molar-refractivity contribution in [1.29, 1.82) is 0 Å². The smallest absolute Gasteiger partial charge is 0.141 e. The molecule has 1 rings (SSSR count). The molecule has 1 aromatic rings. The van der Waals surface area contributed by atoms with E-state index in [-0.39, 0.29) is 12.4 Å². The van der Waals surface area contributed by atoms with E-state index in [2.05, 4.69) is 20.8 Å². The number of ether oxygens (including phenoxy) is 1. The Balaban J connectivity index is 2.53. The minimum absolute atomic E-state index is 0.275. The van der Waals surface area contributed by atoms with E-state index in [4.69, 9.17) is 10.6 Å². The predicted octanol–water partition coefficient (Wildman–Crippen LogP) is 1.86. The molecule has 0 radical (unpaired) electrons. The summed E-state index contributed by atoms with van der Waals surface area (Å²) in [4.78, 5) is 4.29. The summed E-state index contributed by atoms with van der Waals surface area (Å²) in [6, 6.07) is 4.53. The Labute approximate surface area is 83.7 Å². The first-order valence-electron chi connectivity index (χ1n) is 3.63. The highest BCUT2D eigenvalue weighted by Gasteiger charge is 2.00. The normalized spacial score (nSPS) is 10.1. The Morgan fingerprint density at radius 2 is 2.15 bits per heavy atom. The van der Waals surface area contributed by atoms with Gasteiger partial charge in [-0.05, 0) is 28.1 Å². The molecular formula is C8H9BrFNO2. The largest absolute Gasteiger partial charge is 0.491 e. The second-order valence-electron chi connectivity index (χ2n) is 2.30. The molecule has 0 amide bonds. The van der Waals surface area contributed by atoms with E-state index in [1.54, 1.807) is 12.1 Å². The number of rotatable bonds is 4. The molecule has 0 aromatic heterocycles. The fourth-order valence-corrected chi connectivity index (χ4v) is 1.02. The summed E-state index contributed by atoms with van der Waals surface area (Å²) in [5.41, 5.74) is 0. The van der Waals surface area contributed by atoms with Crippen molar-refractivity contribution in [2.24, 2.45) is 5.90 Å². The van der Waals surface area contributed by atoms with E-state index >= 15 is 0 Å². The van der Waals surface area contributed by atoms with Gasteiger partial charge in [-0.25, -0.2) is 10.3 Å². The molecule has 0 fully saturated rings. The summed E-state index contributed by atoms with van der Waals surface area (Å²) in [5, 5.41) is 0. The van der Waals surface area contributed by atoms with E-state index in [0.29, 0.717) is 16.8 Å². The third kappa shape index (κ3) is 3.30. The zero-order valence-corrected chi connectivity index (χ0v) is 8.38. The van der Waals surface area contributed by atoms with Crippen LogP contribution in [0, 0.1) is 5.82 Å². The summed E-state index contributed by atoms with van der Waals surface area (Å²) >= 11 is 3.04. The van der Waals surface area contributed by atoms with E-state index in [0.717, 1.165) is 0 Å². The second kappa shape index (κ2) is 5.16. The molecule has 0 heterocycles. The quantitative estimate of drug-likeness (QED) is 0.655. The summed E-state index contributed by atoms with van der Waals surface area (Å²) in [6.45, 7) is 0.579. The highest BCUT2D eigenvalue weighted by Crippen LogP contribution is 2.20. The number of hydrogen-bond acceptors (Lipinski definition) is 3. The van der Waals surface area contributed by atoms with Crippen LogP contribution in [0.1, 0.15) is 0 Å². The Morgan fingerprint density at radius 1 is 1.38 bits per heavy atom. The van der Waals surface area contributed by atoms with Crippen LogP contribution in [0.5, 0.6) is 5.75 Å². The van der Waals surface area contributed by atoms with Crippen LogP contribution in [-0.4, -0.2) is 13.2 Å². The first-order valence-corrected chi connectivity index (χ1v) is 4.43. The van der Waals surface area contributed by atoms with E-state index < -0.39 is 0 Å². The lowest BCUT2D eigenvalue weighted by Crippen LogP contribution is -2.10. The lowest BCUT2D eigenvalue weighted by Gasteiger charge is -2.05. The average Bonchev–Trinajstić information content (AvgIpc) is 2.12. The van der Waals surface area contributed by atoms with Gasteiger partial charge in [0.2, 0.25) is 0 Å². The van der Waals surface area contributed by atoms with Crippen LogP contribution >= 0.6 is 15.9 Å². The van der Waals surface area contributed by atoms with Gasteiger partial charge in [0, 0.05) is 6.07 Å². The molecule has 5 heteroatoms. The van der Waals surface area contributed by atoms with Gasteiger partial charge in [0.25, 0.3) is 0 Å². The van der Waals surface area contributed by atoms with Gasteiger partial charge < -0.3 is 9.57 Å². The van der Waals surface area contributed by atoms with Gasteiger partial charge in [-0.1, -0.05) is 0 Å². The Morgan fingerprint density at radius 3 is 2.77 bits per heavy atom. The van der Waals surface area contributed by atoms with Crippen LogP contribution in [0.4, 0.5) is 4.39 Å². The van der Waals surface area contributed by atoms with Crippen LogP contribution in [0.15, 0.2) is 22.7 Å². The lowest BCUT2D eigenvalue weighted by molar-refractivity contribution is 0.102. The summed E-state index contributed by atoms with van der Waals surface area (Å²) in [6.07, 6.45) is 0. The lowest BCUT2D eigenvalue weighted by atomic mass is 10.3. The van der Waals surface area contributed by atoms with Crippen molar-refractivity contribution in [3.63, 3.8) is 0 Å². The standard InChI is InChI=1S/C8H9BrFNO2/c9-7-2-1-6(5-8(7)10)12-3-4-13-11/h1-2,5H,3-4,11H2. The van der Waals surface area contributed by atoms with Gasteiger partial charge >= 0.3 is 0 Å². The van der Waals surface area contributed by atoms with Gasteiger partial charge in [0.15, 0.2) is 0 Å². The van der Waals surface area contributed by atoms with E-state index in [9.17, 15) is 4.39 Å². The maximum Gasteiger partial charge on any atom is 0.141 e. The van der Waals surface area contributed by atoms with Gasteiger partial charge in [-0.2, -0.15) is 0 Å². The Bertz CT molecular complexity index is 283. The Kier molecular flexibility index (Phi) is 4.14. The van der Waals surface area contributed by atoms with Crippen LogP contribution in [0.3, 0.4) is 0 Å². The average molecular weight is 250 g/mol. The zero-order valence-electron chi connectivity index (χ0n) is 6.80. The molecule has 0 bridgehead atoms. The predicted molar refractivity (Wildman–Crippen MR) is 49.7 cm³/mol. The maximum absolute atomic E-state index is 12.9. The number of hydrogen-bond donors (Lipinski definition) is 1. The highest BCUT2D eigenvalue weighted by atomic mass is 79.9. The summed E-state index contributed by atoms with van der Waals surface area (Å²) < 4.78 is 18.4. The van der Waals surface area contributed by atoms with Crippen LogP contribution in [0.2, 0.25) is 0 Å². The van der Waals surface area contributed by atoms with Crippen LogP contribution < -0.4 is 10.6 Å². The molecule has 3 nitrogen and oxygen atoms in total. The molecule has 1 aromatic carbocycles. The molecule has 0 aliphatic heterocycles. The van der Waals surface area contributed by atoms with Gasteiger partial charge in [-0.15, -0.1) is 0 Å². The fraction of sp³-hybridized carbons (Fsp3) is 0.250. The number of halogens is 2. The van der Waals surface area contributed by atoms with Crippen LogP contribution in [0.25, 0.3) is 0 Å². The van der Waals surface area contributed by atoms with Crippen molar-refractivity contribution in [3.8, 4) is 5.75 Å². The molecule has 2 N–H and O–H groups in total. The summed E-state index contributed by atoms with van der Waals surface area (Å²) in [7, 11) is 0. The topological polar surface area (TPSA) is 44.5 Å². The molecule has 13 heavy (non-hydrogen) atoms. The minimum Gasteiger partial charge on any atom is -0.491 e. The van der Waals surface area contributed by atoms with Crippen molar-refractivity contribution < 1.29 is 14.0 Å². The molecule has 0 aliphatic rings. The third-order valence-electron chi connectivity index (χ3n) is 1.36. The molecule has 0 saturated carbocycles. The molecule has 72 valence electrons. The fourth-order valence-electron chi connectivity index (χ4n) is 0.774. The zero-order chi connectivity index (χ0) is 9.68.